The van der Waals surface area contributed by atoms with Gasteiger partial charge in [0.2, 0.25) is 5.91 Å². The zero-order valence-electron chi connectivity index (χ0n) is 20.7. The molecule has 1 amide bonds. The number of nitrogens with zero attached hydrogens (tertiary/aromatic N) is 5. The highest BCUT2D eigenvalue weighted by atomic mass is 31.2. The number of hydrogen-bond acceptors (Lipinski definition) is 7. The maximum absolute atomic E-state index is 14.9. The van der Waals surface area contributed by atoms with E-state index < -0.39 is 43.5 Å². The van der Waals surface area contributed by atoms with Crippen LogP contribution in [0.3, 0.4) is 0 Å². The van der Waals surface area contributed by atoms with Gasteiger partial charge < -0.3 is 19.9 Å². The van der Waals surface area contributed by atoms with Crippen molar-refractivity contribution >= 4 is 40.9 Å². The van der Waals surface area contributed by atoms with E-state index in [1.165, 1.54) is 17.0 Å². The van der Waals surface area contributed by atoms with Crippen molar-refractivity contribution in [2.45, 2.75) is 26.3 Å². The third-order valence-corrected chi connectivity index (χ3v) is 9.97. The van der Waals surface area contributed by atoms with Crippen molar-refractivity contribution in [2.24, 2.45) is 0 Å². The first-order valence-corrected chi connectivity index (χ1v) is 14.2. The fraction of sp³-hybridized carbons (Fsp3) is 0.360. The van der Waals surface area contributed by atoms with Crippen LogP contribution in [0.15, 0.2) is 36.7 Å². The fourth-order valence-corrected chi connectivity index (χ4v) is 7.62. The Hall–Kier alpha value is -3.50. The van der Waals surface area contributed by atoms with Gasteiger partial charge in [0, 0.05) is 43.4 Å². The molecule has 3 aromatic heterocycles. The van der Waals surface area contributed by atoms with Crippen LogP contribution >= 0.6 is 7.14 Å². The van der Waals surface area contributed by atoms with Gasteiger partial charge in [-0.3, -0.25) is 9.20 Å². The summed E-state index contributed by atoms with van der Waals surface area (Å²) in [6, 6.07) is 4.88. The van der Waals surface area contributed by atoms with Crippen molar-refractivity contribution < 1.29 is 27.6 Å². The number of aromatic nitrogens is 4. The average Bonchev–Trinajstić information content (AvgIpc) is 3.38. The number of pyridine rings is 1. The Morgan fingerprint density at radius 2 is 1.89 bits per heavy atom. The molecule has 1 aromatic carbocycles. The van der Waals surface area contributed by atoms with Crippen molar-refractivity contribution in [1.29, 1.82) is 0 Å². The first-order valence-electron chi connectivity index (χ1n) is 12.1. The van der Waals surface area contributed by atoms with Crippen molar-refractivity contribution in [3.05, 3.63) is 59.4 Å². The first-order chi connectivity index (χ1) is 18.1. The number of aliphatic hydroxyl groups excluding tert-OH is 1. The standard InChI is InChI=1S/C25H26F3N6O3P/c1-14(16-4-3-5-17(21(16)26)22(27)28)30-23-18-12-19(38(37)10-8-33(9-11-38)20(36)13-35)25-29-6-7-34(25)24(18)32-15(2)31-23/h3-7,12,14,22,35H,8-11,13H2,1-2H3,(H,30,31,32)/t14-/m1/s1. The first kappa shape index (κ1) is 26.1. The number of hydrogen-bond donors (Lipinski definition) is 2. The molecule has 38 heavy (non-hydrogen) atoms. The smallest absolute Gasteiger partial charge is 0.266 e. The number of nitrogens with one attached hydrogen (secondary N) is 1. The summed E-state index contributed by atoms with van der Waals surface area (Å²) in [6.07, 6.45) is 0.783. The highest BCUT2D eigenvalue weighted by Gasteiger charge is 2.35. The van der Waals surface area contributed by atoms with E-state index in [9.17, 15) is 27.6 Å². The summed E-state index contributed by atoms with van der Waals surface area (Å²) in [5.41, 5.74) is 0.359. The summed E-state index contributed by atoms with van der Waals surface area (Å²) in [5, 5.41) is 13.3. The molecule has 1 atom stereocenters. The Bertz CT molecular complexity index is 1580. The van der Waals surface area contributed by atoms with Gasteiger partial charge in [0.15, 0.2) is 5.65 Å². The van der Waals surface area contributed by atoms with Crippen LogP contribution in [0.5, 0.6) is 0 Å². The lowest BCUT2D eigenvalue weighted by Crippen LogP contribution is -2.42. The maximum atomic E-state index is 14.9. The third kappa shape index (κ3) is 4.52. The van der Waals surface area contributed by atoms with Crippen LogP contribution < -0.4 is 10.6 Å². The molecule has 0 spiro atoms. The number of anilines is 1. The minimum absolute atomic E-state index is 0.0601. The van der Waals surface area contributed by atoms with Crippen LogP contribution in [0.1, 0.15) is 36.3 Å². The van der Waals surface area contributed by atoms with Gasteiger partial charge in [-0.1, -0.05) is 18.2 Å². The lowest BCUT2D eigenvalue weighted by Gasteiger charge is -2.32. The normalized spacial score (nSPS) is 16.3. The Kier molecular flexibility index (Phi) is 6.87. The molecule has 0 bridgehead atoms. The van der Waals surface area contributed by atoms with E-state index in [0.717, 1.165) is 6.07 Å². The van der Waals surface area contributed by atoms with E-state index in [4.69, 9.17) is 0 Å². The van der Waals surface area contributed by atoms with Gasteiger partial charge in [-0.2, -0.15) is 0 Å². The summed E-state index contributed by atoms with van der Waals surface area (Å²) < 4.78 is 57.3. The second-order valence-electron chi connectivity index (χ2n) is 9.30. The number of amides is 1. The molecule has 5 rings (SSSR count). The molecular formula is C25H26F3N6O3P. The largest absolute Gasteiger partial charge is 0.387 e. The topological polar surface area (TPSA) is 113 Å². The lowest BCUT2D eigenvalue weighted by molar-refractivity contribution is -0.133. The molecule has 0 unspecified atom stereocenters. The van der Waals surface area contributed by atoms with Crippen LogP contribution in [0.2, 0.25) is 0 Å². The molecule has 4 aromatic rings. The number of carbonyl (C=O) groups excluding carboxylic acids is 1. The Labute approximate surface area is 216 Å². The summed E-state index contributed by atoms with van der Waals surface area (Å²) in [5.74, 6) is -0.643. The number of halogens is 3. The number of fused-ring (bicyclic) bond motifs is 3. The van der Waals surface area contributed by atoms with Crippen LogP contribution in [0.25, 0.3) is 16.7 Å². The summed E-state index contributed by atoms with van der Waals surface area (Å²) in [7, 11) is -3.00. The molecule has 1 saturated heterocycles. The molecule has 200 valence electrons. The molecule has 1 fully saturated rings. The number of alkyl halides is 2. The molecule has 1 aliphatic heterocycles. The van der Waals surface area contributed by atoms with E-state index in [-0.39, 0.29) is 31.0 Å². The van der Waals surface area contributed by atoms with Gasteiger partial charge in [-0.05, 0) is 19.9 Å². The second kappa shape index (κ2) is 9.99. The highest BCUT2D eigenvalue weighted by molar-refractivity contribution is 7.72. The Morgan fingerprint density at radius 1 is 1.18 bits per heavy atom. The number of benzene rings is 1. The summed E-state index contributed by atoms with van der Waals surface area (Å²) >= 11 is 0. The molecule has 9 nitrogen and oxygen atoms in total. The number of rotatable bonds is 6. The van der Waals surface area contributed by atoms with Crippen molar-refractivity contribution in [3.8, 4) is 0 Å². The lowest BCUT2D eigenvalue weighted by atomic mass is 10.0. The second-order valence-corrected chi connectivity index (χ2v) is 12.5. The van der Waals surface area contributed by atoms with Gasteiger partial charge in [0.25, 0.3) is 6.43 Å². The number of carbonyl (C=O) groups is 1. The van der Waals surface area contributed by atoms with Crippen LogP contribution in [-0.2, 0) is 9.36 Å². The molecule has 0 saturated carbocycles. The van der Waals surface area contributed by atoms with E-state index in [1.807, 2.05) is 0 Å². The van der Waals surface area contributed by atoms with Gasteiger partial charge in [-0.25, -0.2) is 28.1 Å². The SMILES string of the molecule is Cc1nc(N[C@H](C)c2cccc(C(F)F)c2F)c2cc(P3(=O)CCN(C(=O)CO)CC3)c3nccn3c2n1. The minimum atomic E-state index is -3.00. The van der Waals surface area contributed by atoms with Crippen molar-refractivity contribution in [3.63, 3.8) is 0 Å². The molecular weight excluding hydrogens is 520 g/mol. The third-order valence-electron chi connectivity index (χ3n) is 6.92. The van der Waals surface area contributed by atoms with Gasteiger partial charge in [-0.15, -0.1) is 0 Å². The number of imidazole rings is 1. The number of aliphatic hydroxyl groups is 1. The van der Waals surface area contributed by atoms with E-state index in [0.29, 0.717) is 33.6 Å². The Balaban J connectivity index is 1.59. The summed E-state index contributed by atoms with van der Waals surface area (Å²) in [6.45, 7) is 3.22. The van der Waals surface area contributed by atoms with Crippen LogP contribution in [0.4, 0.5) is 19.0 Å². The van der Waals surface area contributed by atoms with Crippen LogP contribution in [-0.4, -0.2) is 67.3 Å². The summed E-state index contributed by atoms with van der Waals surface area (Å²) in [4.78, 5) is 26.9. The molecule has 13 heteroatoms. The zero-order chi connectivity index (χ0) is 27.2. The van der Waals surface area contributed by atoms with Gasteiger partial charge in [0.1, 0.15) is 36.9 Å². The van der Waals surface area contributed by atoms with Crippen molar-refractivity contribution in [1.82, 2.24) is 24.3 Å². The monoisotopic (exact) mass is 546 g/mol. The average molecular weight is 546 g/mol. The molecule has 0 aliphatic carbocycles. The predicted molar refractivity (Wildman–Crippen MR) is 137 cm³/mol. The molecule has 1 aliphatic rings. The zero-order valence-corrected chi connectivity index (χ0v) is 21.6. The predicted octanol–water partition coefficient (Wildman–Crippen LogP) is 3.66. The fourth-order valence-electron chi connectivity index (χ4n) is 4.89. The van der Waals surface area contributed by atoms with E-state index >= 15 is 0 Å². The number of aryl methyl sites for hydroxylation is 1. The quantitative estimate of drug-likeness (QED) is 0.355. The molecule has 4 heterocycles. The van der Waals surface area contributed by atoms with Gasteiger partial charge >= 0.3 is 0 Å². The molecule has 0 radical (unpaired) electrons. The van der Waals surface area contributed by atoms with Crippen LogP contribution in [0, 0.1) is 12.7 Å². The maximum Gasteiger partial charge on any atom is 0.266 e. The minimum Gasteiger partial charge on any atom is -0.387 e. The van der Waals surface area contributed by atoms with Crippen molar-refractivity contribution in [2.75, 3.05) is 37.3 Å². The van der Waals surface area contributed by atoms with Gasteiger partial charge in [0.05, 0.1) is 22.3 Å². The highest BCUT2D eigenvalue weighted by Crippen LogP contribution is 2.48. The van der Waals surface area contributed by atoms with E-state index in [2.05, 4.69) is 20.3 Å². The van der Waals surface area contributed by atoms with E-state index in [1.54, 1.807) is 36.7 Å². The molecule has 2 N–H and O–H groups in total. The Morgan fingerprint density at radius 3 is 2.58 bits per heavy atom.